The molecule has 2 aromatic rings. The molecule has 5 heteroatoms. The maximum atomic E-state index is 13.3. The average molecular weight is 353 g/mol. The minimum atomic E-state index is -0.236. The van der Waals surface area contributed by atoms with Crippen LogP contribution in [0.25, 0.3) is 6.08 Å². The monoisotopic (exact) mass is 353 g/mol. The van der Waals surface area contributed by atoms with Gasteiger partial charge in [0.2, 0.25) is 0 Å². The number of hydrazone groups is 1. The number of hydrogen-bond donors (Lipinski definition) is 0. The van der Waals surface area contributed by atoms with Gasteiger partial charge in [-0.05, 0) is 54.1 Å². The fourth-order valence-corrected chi connectivity index (χ4v) is 3.96. The third kappa shape index (κ3) is 3.15. The van der Waals surface area contributed by atoms with Crippen molar-refractivity contribution in [1.82, 2.24) is 9.91 Å². The number of piperidine rings is 1. The van der Waals surface area contributed by atoms with Crippen LogP contribution in [0, 0.1) is 17.6 Å². The second-order valence-corrected chi connectivity index (χ2v) is 7.08. The summed E-state index contributed by atoms with van der Waals surface area (Å²) in [5.41, 5.74) is 4.25. The Balaban J connectivity index is 1.68. The van der Waals surface area contributed by atoms with Crippen LogP contribution in [0.4, 0.5) is 8.78 Å². The molecule has 1 fully saturated rings. The van der Waals surface area contributed by atoms with Crippen molar-refractivity contribution in [3.63, 3.8) is 0 Å². The number of likely N-dealkylation sites (tertiary alicyclic amines) is 1. The zero-order valence-electron chi connectivity index (χ0n) is 14.9. The van der Waals surface area contributed by atoms with Gasteiger partial charge in [-0.25, -0.2) is 8.78 Å². The minimum Gasteiger partial charge on any atom is -0.301 e. The number of benzene rings is 2. The topological polar surface area (TPSA) is 18.8 Å². The number of rotatable bonds is 2. The number of fused-ring (bicyclic) bond motifs is 1. The quantitative estimate of drug-likeness (QED) is 0.814. The van der Waals surface area contributed by atoms with Gasteiger partial charge in [0.05, 0.1) is 11.8 Å². The predicted molar refractivity (Wildman–Crippen MR) is 99.7 cm³/mol. The van der Waals surface area contributed by atoms with E-state index in [-0.39, 0.29) is 23.6 Å². The van der Waals surface area contributed by atoms with Gasteiger partial charge >= 0.3 is 0 Å². The van der Waals surface area contributed by atoms with Gasteiger partial charge in [-0.15, -0.1) is 0 Å². The number of likely N-dealkylation sites (N-methyl/N-ethyl adjacent to an activating group) is 1. The Morgan fingerprint density at radius 2 is 1.58 bits per heavy atom. The van der Waals surface area contributed by atoms with E-state index in [0.29, 0.717) is 0 Å². The lowest BCUT2D eigenvalue weighted by atomic mass is 9.83. The van der Waals surface area contributed by atoms with Crippen LogP contribution in [0.5, 0.6) is 0 Å². The second-order valence-electron chi connectivity index (χ2n) is 7.08. The van der Waals surface area contributed by atoms with Gasteiger partial charge in [0.25, 0.3) is 0 Å². The summed E-state index contributed by atoms with van der Waals surface area (Å²) >= 11 is 0. The average Bonchev–Trinajstić information content (AvgIpc) is 2.94. The van der Waals surface area contributed by atoms with E-state index in [1.54, 1.807) is 12.1 Å². The maximum Gasteiger partial charge on any atom is 0.123 e. The molecule has 2 unspecified atom stereocenters. The normalized spacial score (nSPS) is 24.7. The van der Waals surface area contributed by atoms with E-state index >= 15 is 0 Å². The molecule has 26 heavy (non-hydrogen) atoms. The summed E-state index contributed by atoms with van der Waals surface area (Å²) in [5.74, 6) is -0.246. The Bertz CT molecular complexity index is 856. The molecule has 2 heterocycles. The lowest BCUT2D eigenvalue weighted by molar-refractivity contribution is 0.211. The first kappa shape index (κ1) is 16.9. The van der Waals surface area contributed by atoms with Crippen molar-refractivity contribution >= 4 is 11.8 Å². The summed E-state index contributed by atoms with van der Waals surface area (Å²) in [4.78, 5) is 2.27. The summed E-state index contributed by atoms with van der Waals surface area (Å²) in [6.07, 6.45) is 2.09. The fourth-order valence-electron chi connectivity index (χ4n) is 3.96. The summed E-state index contributed by atoms with van der Waals surface area (Å²) in [6.45, 7) is 1.70. The first-order valence-corrected chi connectivity index (χ1v) is 8.73. The molecule has 0 bridgehead atoms. The number of nitrogens with zero attached hydrogens (tertiary/aromatic N) is 3. The van der Waals surface area contributed by atoms with Crippen molar-refractivity contribution < 1.29 is 8.78 Å². The lowest BCUT2D eigenvalue weighted by Crippen LogP contribution is -2.41. The standard InChI is InChI=1S/C21H21F2N3/c1-25-12-16(11-14-3-7-17(22)8-4-14)20-19(13-25)21(26(2)24-20)15-5-9-18(23)10-6-15/h3-11,19,21H,12-13H2,1-2H3. The van der Waals surface area contributed by atoms with Gasteiger partial charge < -0.3 is 4.90 Å². The largest absolute Gasteiger partial charge is 0.301 e. The van der Waals surface area contributed by atoms with E-state index in [4.69, 9.17) is 5.10 Å². The van der Waals surface area contributed by atoms with E-state index < -0.39 is 0 Å². The van der Waals surface area contributed by atoms with Gasteiger partial charge in [-0.1, -0.05) is 24.3 Å². The van der Waals surface area contributed by atoms with Crippen molar-refractivity contribution in [2.24, 2.45) is 11.0 Å². The highest BCUT2D eigenvalue weighted by atomic mass is 19.1. The lowest BCUT2D eigenvalue weighted by Gasteiger charge is -2.34. The summed E-state index contributed by atoms with van der Waals surface area (Å²) in [7, 11) is 4.06. The van der Waals surface area contributed by atoms with Crippen molar-refractivity contribution in [1.29, 1.82) is 0 Å². The molecule has 3 nitrogen and oxygen atoms in total. The van der Waals surface area contributed by atoms with Gasteiger partial charge in [0, 0.05) is 26.1 Å². The molecule has 2 aliphatic heterocycles. The van der Waals surface area contributed by atoms with Crippen LogP contribution >= 0.6 is 0 Å². The fraction of sp³-hybridized carbons (Fsp3) is 0.286. The SMILES string of the molecule is CN1CC(=Cc2ccc(F)cc2)C2=NN(C)C(c3ccc(F)cc3)C2C1. The highest BCUT2D eigenvalue weighted by molar-refractivity contribution is 6.07. The minimum absolute atomic E-state index is 0.0879. The van der Waals surface area contributed by atoms with Crippen LogP contribution in [0.15, 0.2) is 59.2 Å². The van der Waals surface area contributed by atoms with Crippen LogP contribution in [0.3, 0.4) is 0 Å². The zero-order chi connectivity index (χ0) is 18.3. The molecule has 0 aromatic heterocycles. The van der Waals surface area contributed by atoms with E-state index in [2.05, 4.69) is 18.0 Å². The van der Waals surface area contributed by atoms with Gasteiger partial charge in [-0.3, -0.25) is 5.01 Å². The Morgan fingerprint density at radius 3 is 2.23 bits per heavy atom. The van der Waals surface area contributed by atoms with E-state index in [0.717, 1.165) is 35.5 Å². The molecule has 2 aliphatic rings. The van der Waals surface area contributed by atoms with E-state index in [1.165, 1.54) is 24.3 Å². The van der Waals surface area contributed by atoms with E-state index in [1.807, 2.05) is 24.2 Å². The summed E-state index contributed by atoms with van der Waals surface area (Å²) in [6, 6.07) is 13.3. The van der Waals surface area contributed by atoms with Crippen molar-refractivity contribution in [3.8, 4) is 0 Å². The molecule has 1 saturated heterocycles. The molecule has 134 valence electrons. The first-order chi connectivity index (χ1) is 12.5. The molecule has 0 aliphatic carbocycles. The Hall–Kier alpha value is -2.53. The smallest absolute Gasteiger partial charge is 0.123 e. The molecule has 0 spiro atoms. The number of hydrogen-bond acceptors (Lipinski definition) is 3. The van der Waals surface area contributed by atoms with E-state index in [9.17, 15) is 8.78 Å². The van der Waals surface area contributed by atoms with Crippen LogP contribution in [-0.2, 0) is 0 Å². The van der Waals surface area contributed by atoms with Crippen LogP contribution in [-0.4, -0.2) is 42.8 Å². The first-order valence-electron chi connectivity index (χ1n) is 8.73. The van der Waals surface area contributed by atoms with Crippen molar-refractivity contribution in [3.05, 3.63) is 76.9 Å². The highest BCUT2D eigenvalue weighted by Gasteiger charge is 2.41. The van der Waals surface area contributed by atoms with Crippen molar-refractivity contribution in [2.75, 3.05) is 27.2 Å². The summed E-state index contributed by atoms with van der Waals surface area (Å²) < 4.78 is 26.5. The molecule has 0 radical (unpaired) electrons. The zero-order valence-corrected chi connectivity index (χ0v) is 14.9. The van der Waals surface area contributed by atoms with Gasteiger partial charge in [0.1, 0.15) is 11.6 Å². The maximum absolute atomic E-state index is 13.3. The molecule has 0 amide bonds. The molecule has 0 saturated carbocycles. The van der Waals surface area contributed by atoms with Crippen molar-refractivity contribution in [2.45, 2.75) is 6.04 Å². The molecule has 0 N–H and O–H groups in total. The van der Waals surface area contributed by atoms with Gasteiger partial charge in [0.15, 0.2) is 0 Å². The Morgan fingerprint density at radius 1 is 0.962 bits per heavy atom. The second kappa shape index (κ2) is 6.65. The number of halogens is 2. The van der Waals surface area contributed by atoms with Crippen LogP contribution in [0.1, 0.15) is 17.2 Å². The van der Waals surface area contributed by atoms with Crippen LogP contribution in [0.2, 0.25) is 0 Å². The third-order valence-electron chi connectivity index (χ3n) is 5.10. The third-order valence-corrected chi connectivity index (χ3v) is 5.10. The predicted octanol–water partition coefficient (Wildman–Crippen LogP) is 3.95. The highest BCUT2D eigenvalue weighted by Crippen LogP contribution is 2.39. The molecular formula is C21H21F2N3. The molecule has 2 atom stereocenters. The Labute approximate surface area is 152 Å². The van der Waals surface area contributed by atoms with Gasteiger partial charge in [-0.2, -0.15) is 5.10 Å². The summed E-state index contributed by atoms with van der Waals surface area (Å²) in [5, 5.41) is 6.78. The Kier molecular flexibility index (Phi) is 4.32. The molecule has 2 aromatic carbocycles. The molecule has 4 rings (SSSR count). The molecular weight excluding hydrogens is 332 g/mol. The van der Waals surface area contributed by atoms with Crippen LogP contribution < -0.4 is 0 Å².